The molecule has 0 N–H and O–H groups in total. The molecule has 0 spiro atoms. The van der Waals surface area contributed by atoms with Crippen LogP contribution in [-0.2, 0) is 4.57 Å². The Morgan fingerprint density at radius 3 is 1.22 bits per heavy atom. The molecule has 0 bridgehead atoms. The van der Waals surface area contributed by atoms with Crippen molar-refractivity contribution in [2.75, 3.05) is 0 Å². The van der Waals surface area contributed by atoms with E-state index in [0.717, 1.165) is 0 Å². The molecule has 0 atom stereocenters. The van der Waals surface area contributed by atoms with Gasteiger partial charge in [0.25, 0.3) is 0 Å². The largest absolute Gasteiger partial charge is 0.317 e. The van der Waals surface area contributed by atoms with E-state index in [1.807, 2.05) is 0 Å². The second-order valence-corrected chi connectivity index (χ2v) is 6.81. The van der Waals surface area contributed by atoms with E-state index in [1.165, 1.54) is 0 Å². The number of hydrogen-bond donors (Lipinski definition) is 0. The molecule has 0 fully saturated rings. The third kappa shape index (κ3) is 2.71. The van der Waals surface area contributed by atoms with Crippen LogP contribution in [0.1, 0.15) is 0 Å². The number of benzene rings is 2. The highest BCUT2D eigenvalue weighted by atomic mass is 35.5. The van der Waals surface area contributed by atoms with Crippen LogP contribution < -0.4 is 10.6 Å². The van der Waals surface area contributed by atoms with Crippen LogP contribution in [-0.4, -0.2) is 0 Å². The van der Waals surface area contributed by atoms with Crippen LogP contribution in [0, 0.1) is 0 Å². The number of hydrogen-bond acceptors (Lipinski definition) is 1. The summed E-state index contributed by atoms with van der Waals surface area (Å²) in [5, 5.41) is 2.18. The standard InChI is InChI=1S/C12H7Cl4OP/c13-7-3-1-4-8(14)11(7)18(17)12-9(15)5-2-6-10(12)16/h1-6,18H. The summed E-state index contributed by atoms with van der Waals surface area (Å²) < 4.78 is 12.6. The Kier molecular flexibility index (Phi) is 4.64. The summed E-state index contributed by atoms with van der Waals surface area (Å²) in [7, 11) is -2.44. The highest BCUT2D eigenvalue weighted by Gasteiger charge is 2.19. The summed E-state index contributed by atoms with van der Waals surface area (Å²) in [5.74, 6) is 0. The predicted octanol–water partition coefficient (Wildman–Crippen LogP) is 4.81. The van der Waals surface area contributed by atoms with Gasteiger partial charge < -0.3 is 4.57 Å². The van der Waals surface area contributed by atoms with E-state index in [1.54, 1.807) is 36.4 Å². The van der Waals surface area contributed by atoms with Crippen LogP contribution in [0.5, 0.6) is 0 Å². The van der Waals surface area contributed by atoms with Crippen LogP contribution in [0.2, 0.25) is 20.1 Å². The van der Waals surface area contributed by atoms with Crippen molar-refractivity contribution in [3.63, 3.8) is 0 Å². The third-order valence-corrected chi connectivity index (χ3v) is 6.26. The monoisotopic (exact) mass is 338 g/mol. The first-order valence-corrected chi connectivity index (χ1v) is 7.87. The van der Waals surface area contributed by atoms with Gasteiger partial charge in [0.15, 0.2) is 0 Å². The van der Waals surface area contributed by atoms with E-state index in [2.05, 4.69) is 0 Å². The molecular weight excluding hydrogens is 333 g/mol. The zero-order valence-corrected chi connectivity index (χ0v) is 12.9. The van der Waals surface area contributed by atoms with Crippen molar-refractivity contribution < 1.29 is 4.57 Å². The van der Waals surface area contributed by atoms with Crippen molar-refractivity contribution in [2.45, 2.75) is 0 Å². The van der Waals surface area contributed by atoms with Crippen molar-refractivity contribution in [2.24, 2.45) is 0 Å². The first kappa shape index (κ1) is 14.2. The van der Waals surface area contributed by atoms with Crippen LogP contribution >= 0.6 is 54.2 Å². The van der Waals surface area contributed by atoms with Crippen molar-refractivity contribution in [3.8, 4) is 0 Å². The van der Waals surface area contributed by atoms with Gasteiger partial charge in [0.2, 0.25) is 0 Å². The van der Waals surface area contributed by atoms with Gasteiger partial charge >= 0.3 is 0 Å². The predicted molar refractivity (Wildman–Crippen MR) is 81.2 cm³/mol. The quantitative estimate of drug-likeness (QED) is 0.717. The summed E-state index contributed by atoms with van der Waals surface area (Å²) in [6, 6.07) is 9.92. The summed E-state index contributed by atoms with van der Waals surface area (Å²) in [6.45, 7) is 0. The Labute approximate surface area is 125 Å². The van der Waals surface area contributed by atoms with Crippen molar-refractivity contribution in [1.29, 1.82) is 0 Å². The van der Waals surface area contributed by atoms with Gasteiger partial charge in [-0.15, -0.1) is 0 Å². The molecule has 0 aliphatic carbocycles. The van der Waals surface area contributed by atoms with E-state index >= 15 is 0 Å². The summed E-state index contributed by atoms with van der Waals surface area (Å²) in [5.41, 5.74) is 0. The van der Waals surface area contributed by atoms with E-state index in [9.17, 15) is 4.57 Å². The van der Waals surface area contributed by atoms with E-state index in [-0.39, 0.29) is 0 Å². The maximum absolute atomic E-state index is 12.6. The molecule has 0 aromatic heterocycles. The summed E-state index contributed by atoms with van der Waals surface area (Å²) in [6.07, 6.45) is 0. The Morgan fingerprint density at radius 1 is 0.667 bits per heavy atom. The normalized spacial score (nSPS) is 10.9. The minimum atomic E-state index is -2.44. The maximum atomic E-state index is 12.6. The lowest BCUT2D eigenvalue weighted by Crippen LogP contribution is -2.11. The van der Waals surface area contributed by atoms with E-state index in [0.29, 0.717) is 30.7 Å². The lowest BCUT2D eigenvalue weighted by atomic mass is 10.3. The van der Waals surface area contributed by atoms with Gasteiger partial charge in [-0.3, -0.25) is 0 Å². The molecule has 0 saturated carbocycles. The Morgan fingerprint density at radius 2 is 0.944 bits per heavy atom. The molecule has 0 aliphatic rings. The average molecular weight is 340 g/mol. The Bertz CT molecular complexity index is 533. The van der Waals surface area contributed by atoms with Gasteiger partial charge in [-0.2, -0.15) is 0 Å². The second-order valence-electron chi connectivity index (χ2n) is 3.52. The molecule has 6 heteroatoms. The van der Waals surface area contributed by atoms with Crippen molar-refractivity contribution in [1.82, 2.24) is 0 Å². The molecule has 2 rings (SSSR count). The zero-order chi connectivity index (χ0) is 13.3. The smallest absolute Gasteiger partial charge is 0.137 e. The first-order valence-electron chi connectivity index (χ1n) is 4.95. The summed E-state index contributed by atoms with van der Waals surface area (Å²) >= 11 is 24.1. The number of rotatable bonds is 2. The van der Waals surface area contributed by atoms with Gasteiger partial charge in [-0.1, -0.05) is 58.5 Å². The molecule has 0 heterocycles. The fourth-order valence-electron chi connectivity index (χ4n) is 1.55. The van der Waals surface area contributed by atoms with Gasteiger partial charge in [-0.05, 0) is 24.3 Å². The minimum absolute atomic E-state index is 0.349. The van der Waals surface area contributed by atoms with Crippen LogP contribution in [0.25, 0.3) is 0 Å². The van der Waals surface area contributed by atoms with Crippen molar-refractivity contribution in [3.05, 3.63) is 56.5 Å². The third-order valence-electron chi connectivity index (χ3n) is 2.38. The molecule has 0 saturated heterocycles. The van der Waals surface area contributed by atoms with Crippen LogP contribution in [0.15, 0.2) is 36.4 Å². The molecule has 2 aromatic carbocycles. The first-order chi connectivity index (χ1) is 8.52. The van der Waals surface area contributed by atoms with E-state index in [4.69, 9.17) is 46.4 Å². The molecule has 1 nitrogen and oxygen atoms in total. The molecule has 18 heavy (non-hydrogen) atoms. The molecule has 0 radical (unpaired) electrons. The zero-order valence-electron chi connectivity index (χ0n) is 8.88. The molecule has 0 aliphatic heterocycles. The molecule has 0 amide bonds. The van der Waals surface area contributed by atoms with Gasteiger partial charge in [0, 0.05) is 0 Å². The Balaban J connectivity index is 2.63. The molecular formula is C12H7Cl4OP. The van der Waals surface area contributed by atoms with Gasteiger partial charge in [0.1, 0.15) is 7.80 Å². The molecule has 94 valence electrons. The average Bonchev–Trinajstić information content (AvgIpc) is 2.28. The van der Waals surface area contributed by atoms with Crippen molar-refractivity contribution >= 4 is 64.8 Å². The minimum Gasteiger partial charge on any atom is -0.317 e. The maximum Gasteiger partial charge on any atom is 0.137 e. The topological polar surface area (TPSA) is 17.1 Å². The fourth-order valence-corrected chi connectivity index (χ4v) is 4.83. The van der Waals surface area contributed by atoms with Crippen LogP contribution in [0.4, 0.5) is 0 Å². The molecule has 2 aromatic rings. The molecule has 0 unspecified atom stereocenters. The van der Waals surface area contributed by atoms with E-state index < -0.39 is 7.80 Å². The lowest BCUT2D eigenvalue weighted by Gasteiger charge is -2.10. The van der Waals surface area contributed by atoms with Gasteiger partial charge in [0.05, 0.1) is 30.7 Å². The highest BCUT2D eigenvalue weighted by molar-refractivity contribution is 7.62. The second kappa shape index (κ2) is 5.86. The highest BCUT2D eigenvalue weighted by Crippen LogP contribution is 2.34. The lowest BCUT2D eigenvalue weighted by molar-refractivity contribution is 0.598. The fraction of sp³-hybridized carbons (Fsp3) is 0. The SMILES string of the molecule is O=[PH](c1c(Cl)cccc1Cl)c1c(Cl)cccc1Cl. The number of halogens is 4. The summed E-state index contributed by atoms with van der Waals surface area (Å²) in [4.78, 5) is 0. The van der Waals surface area contributed by atoms with Crippen LogP contribution in [0.3, 0.4) is 0 Å². The van der Waals surface area contributed by atoms with Gasteiger partial charge in [-0.25, -0.2) is 0 Å². The Hall–Kier alpha value is -0.170.